The summed E-state index contributed by atoms with van der Waals surface area (Å²) in [6.45, 7) is 3.63. The van der Waals surface area contributed by atoms with Crippen LogP contribution in [0, 0.1) is 0 Å². The fourth-order valence-electron chi connectivity index (χ4n) is 2.90. The van der Waals surface area contributed by atoms with Crippen LogP contribution in [0.4, 0.5) is 5.69 Å². The molecule has 2 N–H and O–H groups in total. The summed E-state index contributed by atoms with van der Waals surface area (Å²) in [5, 5.41) is 11.6. The molecule has 0 saturated heterocycles. The minimum Gasteiger partial charge on any atom is -0.482 e. The number of carbonyl (C=O) groups is 2. The molecule has 0 bridgehead atoms. The van der Waals surface area contributed by atoms with Gasteiger partial charge in [-0.15, -0.1) is 0 Å². The van der Waals surface area contributed by atoms with E-state index < -0.39 is 18.0 Å². The first-order chi connectivity index (χ1) is 12.0. The SMILES string of the molecule is CCC(CC)(C(=O)Nc1ccc(OCC(=O)O)cc1)c1ccccc1. The molecule has 0 spiro atoms. The zero-order chi connectivity index (χ0) is 18.3. The van der Waals surface area contributed by atoms with Gasteiger partial charge in [0, 0.05) is 5.69 Å². The molecule has 2 rings (SSSR count). The van der Waals surface area contributed by atoms with Crippen molar-refractivity contribution in [3.63, 3.8) is 0 Å². The molecule has 0 radical (unpaired) electrons. The largest absolute Gasteiger partial charge is 0.482 e. The molecule has 2 aromatic rings. The molecule has 0 saturated carbocycles. The van der Waals surface area contributed by atoms with Crippen LogP contribution in [0.25, 0.3) is 0 Å². The Kier molecular flexibility index (Phi) is 6.17. The Bertz CT molecular complexity index is 706. The summed E-state index contributed by atoms with van der Waals surface area (Å²) in [6.07, 6.45) is 1.39. The number of anilines is 1. The van der Waals surface area contributed by atoms with Crippen molar-refractivity contribution in [2.75, 3.05) is 11.9 Å². The van der Waals surface area contributed by atoms with E-state index in [4.69, 9.17) is 9.84 Å². The lowest BCUT2D eigenvalue weighted by atomic mass is 9.75. The molecule has 1 amide bonds. The fraction of sp³-hybridized carbons (Fsp3) is 0.300. The number of carboxylic acids is 1. The molecule has 0 heterocycles. The second kappa shape index (κ2) is 8.33. The van der Waals surface area contributed by atoms with Crippen molar-refractivity contribution in [1.82, 2.24) is 0 Å². The fourth-order valence-corrected chi connectivity index (χ4v) is 2.90. The lowest BCUT2D eigenvalue weighted by molar-refractivity contribution is -0.139. The van der Waals surface area contributed by atoms with Gasteiger partial charge in [-0.1, -0.05) is 44.2 Å². The number of amides is 1. The highest BCUT2D eigenvalue weighted by molar-refractivity contribution is 5.99. The maximum Gasteiger partial charge on any atom is 0.341 e. The van der Waals surface area contributed by atoms with E-state index in [9.17, 15) is 9.59 Å². The second-order valence-electron chi connectivity index (χ2n) is 5.82. The third-order valence-corrected chi connectivity index (χ3v) is 4.44. The maximum absolute atomic E-state index is 13.0. The van der Waals surface area contributed by atoms with Crippen LogP contribution in [-0.2, 0) is 15.0 Å². The summed E-state index contributed by atoms with van der Waals surface area (Å²) < 4.78 is 5.09. The number of carboxylic acid groups (broad SMARTS) is 1. The number of ether oxygens (including phenoxy) is 1. The van der Waals surface area contributed by atoms with E-state index in [1.807, 2.05) is 44.2 Å². The Morgan fingerprint density at radius 2 is 1.60 bits per heavy atom. The van der Waals surface area contributed by atoms with Crippen LogP contribution in [0.3, 0.4) is 0 Å². The number of hydrogen-bond donors (Lipinski definition) is 2. The number of benzene rings is 2. The molecule has 0 aliphatic heterocycles. The lowest BCUT2D eigenvalue weighted by Crippen LogP contribution is -2.39. The number of aliphatic carboxylic acids is 1. The molecule has 5 nitrogen and oxygen atoms in total. The molecule has 5 heteroatoms. The second-order valence-corrected chi connectivity index (χ2v) is 5.82. The van der Waals surface area contributed by atoms with Crippen LogP contribution in [0.5, 0.6) is 5.75 Å². The quantitative estimate of drug-likeness (QED) is 0.765. The Balaban J connectivity index is 2.15. The van der Waals surface area contributed by atoms with Crippen molar-refractivity contribution in [3.05, 3.63) is 60.2 Å². The topological polar surface area (TPSA) is 75.6 Å². The molecule has 0 aliphatic carbocycles. The zero-order valence-corrected chi connectivity index (χ0v) is 14.5. The van der Waals surface area contributed by atoms with E-state index >= 15 is 0 Å². The highest BCUT2D eigenvalue weighted by Gasteiger charge is 2.36. The van der Waals surface area contributed by atoms with E-state index in [1.165, 1.54) is 0 Å². The van der Waals surface area contributed by atoms with E-state index in [0.717, 1.165) is 5.56 Å². The van der Waals surface area contributed by atoms with Crippen molar-refractivity contribution in [2.24, 2.45) is 0 Å². The van der Waals surface area contributed by atoms with Crippen molar-refractivity contribution < 1.29 is 19.4 Å². The minimum atomic E-state index is -1.03. The third-order valence-electron chi connectivity index (χ3n) is 4.44. The van der Waals surface area contributed by atoms with Crippen molar-refractivity contribution >= 4 is 17.6 Å². The van der Waals surface area contributed by atoms with Gasteiger partial charge in [0.1, 0.15) is 5.75 Å². The van der Waals surface area contributed by atoms with Gasteiger partial charge in [0.2, 0.25) is 5.91 Å². The predicted molar refractivity (Wildman–Crippen MR) is 96.9 cm³/mol. The lowest BCUT2D eigenvalue weighted by Gasteiger charge is -2.31. The normalized spacial score (nSPS) is 11.0. The number of nitrogens with one attached hydrogen (secondary N) is 1. The number of hydrogen-bond acceptors (Lipinski definition) is 3. The summed E-state index contributed by atoms with van der Waals surface area (Å²) in [5.41, 5.74) is 1.06. The first-order valence-electron chi connectivity index (χ1n) is 8.33. The van der Waals surface area contributed by atoms with Crippen molar-refractivity contribution in [2.45, 2.75) is 32.1 Å². The molecular weight excluding hydrogens is 318 g/mol. The van der Waals surface area contributed by atoms with Gasteiger partial charge in [-0.25, -0.2) is 4.79 Å². The summed E-state index contributed by atoms with van der Waals surface area (Å²) >= 11 is 0. The van der Waals surface area contributed by atoms with E-state index in [-0.39, 0.29) is 5.91 Å². The van der Waals surface area contributed by atoms with Gasteiger partial charge in [0.05, 0.1) is 5.41 Å². The summed E-state index contributed by atoms with van der Waals surface area (Å²) in [5.74, 6) is -0.639. The summed E-state index contributed by atoms with van der Waals surface area (Å²) in [7, 11) is 0. The third kappa shape index (κ3) is 4.38. The van der Waals surface area contributed by atoms with Gasteiger partial charge in [-0.05, 0) is 42.7 Å². The predicted octanol–water partition coefficient (Wildman–Crippen LogP) is 3.85. The van der Waals surface area contributed by atoms with E-state index in [1.54, 1.807) is 24.3 Å². The smallest absolute Gasteiger partial charge is 0.341 e. The van der Waals surface area contributed by atoms with Crippen LogP contribution < -0.4 is 10.1 Å². The van der Waals surface area contributed by atoms with Gasteiger partial charge in [-0.3, -0.25) is 4.79 Å². The van der Waals surface area contributed by atoms with Gasteiger partial charge in [-0.2, -0.15) is 0 Å². The zero-order valence-electron chi connectivity index (χ0n) is 14.5. The number of carbonyl (C=O) groups excluding carboxylic acids is 1. The standard InChI is InChI=1S/C20H23NO4/c1-3-20(4-2,15-8-6-5-7-9-15)19(24)21-16-10-12-17(13-11-16)25-14-18(22)23/h5-13H,3-4,14H2,1-2H3,(H,21,24)(H,22,23). The van der Waals surface area contributed by atoms with Crippen LogP contribution in [0.2, 0.25) is 0 Å². The Morgan fingerprint density at radius 1 is 1.00 bits per heavy atom. The molecular formula is C20H23NO4. The van der Waals surface area contributed by atoms with Gasteiger partial charge >= 0.3 is 5.97 Å². The van der Waals surface area contributed by atoms with Crippen LogP contribution in [-0.4, -0.2) is 23.6 Å². The molecule has 0 aliphatic rings. The Morgan fingerprint density at radius 3 is 2.12 bits per heavy atom. The van der Waals surface area contributed by atoms with Crippen LogP contribution in [0.15, 0.2) is 54.6 Å². The highest BCUT2D eigenvalue weighted by atomic mass is 16.5. The summed E-state index contributed by atoms with van der Waals surface area (Å²) in [6, 6.07) is 16.5. The average Bonchev–Trinajstić information content (AvgIpc) is 2.63. The molecule has 132 valence electrons. The number of rotatable bonds is 8. The van der Waals surface area contributed by atoms with E-state index in [0.29, 0.717) is 24.3 Å². The van der Waals surface area contributed by atoms with Crippen molar-refractivity contribution in [3.8, 4) is 5.75 Å². The van der Waals surface area contributed by atoms with Crippen LogP contribution in [0.1, 0.15) is 32.3 Å². The molecule has 0 fully saturated rings. The molecule has 2 aromatic carbocycles. The molecule has 0 atom stereocenters. The van der Waals surface area contributed by atoms with Gasteiger partial charge < -0.3 is 15.2 Å². The monoisotopic (exact) mass is 341 g/mol. The summed E-state index contributed by atoms with van der Waals surface area (Å²) in [4.78, 5) is 23.5. The minimum absolute atomic E-state index is 0.0529. The molecule has 0 unspecified atom stereocenters. The molecule has 25 heavy (non-hydrogen) atoms. The van der Waals surface area contributed by atoms with Gasteiger partial charge in [0.15, 0.2) is 6.61 Å². The molecule has 0 aromatic heterocycles. The van der Waals surface area contributed by atoms with Crippen molar-refractivity contribution in [1.29, 1.82) is 0 Å². The highest BCUT2D eigenvalue weighted by Crippen LogP contribution is 2.33. The van der Waals surface area contributed by atoms with Crippen LogP contribution >= 0.6 is 0 Å². The Hall–Kier alpha value is -2.82. The maximum atomic E-state index is 13.0. The average molecular weight is 341 g/mol. The van der Waals surface area contributed by atoms with E-state index in [2.05, 4.69) is 5.32 Å². The van der Waals surface area contributed by atoms with Gasteiger partial charge in [0.25, 0.3) is 0 Å². The Labute approximate surface area is 147 Å². The first-order valence-corrected chi connectivity index (χ1v) is 8.33. The first kappa shape index (κ1) is 18.5.